The molecular weight excluding hydrogens is 340 g/mol. The topological polar surface area (TPSA) is 26.9 Å². The van der Waals surface area contributed by atoms with Crippen LogP contribution in [-0.4, -0.2) is 9.13 Å². The Kier molecular flexibility index (Phi) is 4.65. The lowest BCUT2D eigenvalue weighted by Gasteiger charge is -2.21. The lowest BCUT2D eigenvalue weighted by atomic mass is 9.94. The first-order valence-electron chi connectivity index (χ1n) is 6.91. The van der Waals surface area contributed by atoms with E-state index in [1.54, 1.807) is 23.2 Å². The number of halogens is 2. The van der Waals surface area contributed by atoms with Crippen molar-refractivity contribution in [2.24, 2.45) is 20.0 Å². The lowest BCUT2D eigenvalue weighted by Crippen LogP contribution is -2.19. The minimum absolute atomic E-state index is 0.0160. The van der Waals surface area contributed by atoms with Gasteiger partial charge >= 0.3 is 5.69 Å². The predicted molar refractivity (Wildman–Crippen MR) is 88.5 cm³/mol. The quantitative estimate of drug-likeness (QED) is 0.745. The van der Waals surface area contributed by atoms with Gasteiger partial charge in [0.15, 0.2) is 0 Å². The number of rotatable bonds is 4. The molecule has 1 heterocycles. The molecule has 0 aliphatic rings. The molecule has 0 radical (unpaired) electrons. The zero-order valence-electron chi connectivity index (χ0n) is 12.3. The van der Waals surface area contributed by atoms with Gasteiger partial charge in [-0.3, -0.25) is 9.13 Å². The summed E-state index contributed by atoms with van der Waals surface area (Å²) in [6.45, 7) is 4.32. The SMILES string of the molecule is CCC(CC)C(Cl)c1cc2c(cc1Br)n(C)c(=O)n2C. The first-order valence-corrected chi connectivity index (χ1v) is 8.14. The molecule has 1 unspecified atom stereocenters. The molecule has 0 saturated heterocycles. The molecule has 1 aromatic carbocycles. The van der Waals surface area contributed by atoms with Crippen LogP contribution in [0.4, 0.5) is 0 Å². The van der Waals surface area contributed by atoms with E-state index in [0.29, 0.717) is 5.92 Å². The molecule has 1 atom stereocenters. The zero-order chi connectivity index (χ0) is 15.0. The molecule has 0 bridgehead atoms. The normalized spacial score (nSPS) is 13.3. The number of nitrogens with zero attached hydrogens (tertiary/aromatic N) is 2. The highest BCUT2D eigenvalue weighted by Gasteiger charge is 2.22. The second kappa shape index (κ2) is 5.94. The highest BCUT2D eigenvalue weighted by atomic mass is 79.9. The molecule has 0 aliphatic carbocycles. The maximum absolute atomic E-state index is 12.0. The Morgan fingerprint density at radius 3 is 2.15 bits per heavy atom. The molecule has 1 aromatic heterocycles. The third kappa shape index (κ3) is 2.44. The van der Waals surface area contributed by atoms with E-state index in [2.05, 4.69) is 29.8 Å². The molecule has 2 rings (SSSR count). The summed E-state index contributed by atoms with van der Waals surface area (Å²) in [7, 11) is 3.58. The maximum Gasteiger partial charge on any atom is 0.328 e. The van der Waals surface area contributed by atoms with E-state index in [0.717, 1.165) is 33.9 Å². The van der Waals surface area contributed by atoms with Crippen LogP contribution in [0.3, 0.4) is 0 Å². The summed E-state index contributed by atoms with van der Waals surface area (Å²) in [4.78, 5) is 12.0. The van der Waals surface area contributed by atoms with Gasteiger partial charge in [-0.25, -0.2) is 4.79 Å². The Morgan fingerprint density at radius 2 is 1.65 bits per heavy atom. The van der Waals surface area contributed by atoms with Crippen LogP contribution in [0.5, 0.6) is 0 Å². The molecule has 20 heavy (non-hydrogen) atoms. The van der Waals surface area contributed by atoms with Crippen molar-refractivity contribution in [1.29, 1.82) is 0 Å². The number of benzene rings is 1. The molecule has 2 aromatic rings. The van der Waals surface area contributed by atoms with Crippen LogP contribution in [-0.2, 0) is 14.1 Å². The predicted octanol–water partition coefficient (Wildman–Crippen LogP) is 4.36. The fourth-order valence-electron chi connectivity index (χ4n) is 2.70. The minimum atomic E-state index is -0.0425. The van der Waals surface area contributed by atoms with Gasteiger partial charge in [-0.2, -0.15) is 0 Å². The molecule has 5 heteroatoms. The molecule has 0 spiro atoms. The van der Waals surface area contributed by atoms with Gasteiger partial charge in [-0.1, -0.05) is 42.6 Å². The van der Waals surface area contributed by atoms with Crippen LogP contribution in [0, 0.1) is 5.92 Å². The van der Waals surface area contributed by atoms with Gasteiger partial charge in [-0.15, -0.1) is 11.6 Å². The molecule has 0 fully saturated rings. The molecule has 0 N–H and O–H groups in total. The first kappa shape index (κ1) is 15.6. The van der Waals surface area contributed by atoms with Crippen LogP contribution < -0.4 is 5.69 Å². The average molecular weight is 360 g/mol. The Labute approximate surface area is 132 Å². The number of fused-ring (bicyclic) bond motifs is 1. The van der Waals surface area contributed by atoms with E-state index in [1.807, 2.05) is 12.1 Å². The van der Waals surface area contributed by atoms with Gasteiger partial charge in [-0.05, 0) is 23.6 Å². The monoisotopic (exact) mass is 358 g/mol. The number of aryl methyl sites for hydroxylation is 2. The van der Waals surface area contributed by atoms with Gasteiger partial charge in [0.1, 0.15) is 0 Å². The van der Waals surface area contributed by atoms with E-state index < -0.39 is 0 Å². The minimum Gasteiger partial charge on any atom is -0.295 e. The van der Waals surface area contributed by atoms with Crippen molar-refractivity contribution in [3.05, 3.63) is 32.7 Å². The van der Waals surface area contributed by atoms with Gasteiger partial charge in [0, 0.05) is 18.6 Å². The standard InChI is InChI=1S/C15H20BrClN2O/c1-5-9(6-2)14(17)10-7-12-13(8-11(10)16)19(4)15(20)18(12)3/h7-9,14H,5-6H2,1-4H3. The van der Waals surface area contributed by atoms with Crippen LogP contribution in [0.2, 0.25) is 0 Å². The van der Waals surface area contributed by atoms with E-state index in [-0.39, 0.29) is 11.1 Å². The highest BCUT2D eigenvalue weighted by molar-refractivity contribution is 9.10. The van der Waals surface area contributed by atoms with Crippen LogP contribution in [0.1, 0.15) is 37.6 Å². The molecule has 0 saturated carbocycles. The summed E-state index contributed by atoms with van der Waals surface area (Å²) in [6, 6.07) is 4.03. The zero-order valence-corrected chi connectivity index (χ0v) is 14.6. The summed E-state index contributed by atoms with van der Waals surface area (Å²) in [5.74, 6) is 0.436. The Morgan fingerprint density at radius 1 is 1.15 bits per heavy atom. The van der Waals surface area contributed by atoms with Gasteiger partial charge in [0.2, 0.25) is 0 Å². The van der Waals surface area contributed by atoms with Crippen molar-refractivity contribution in [2.75, 3.05) is 0 Å². The highest BCUT2D eigenvalue weighted by Crippen LogP contribution is 2.38. The summed E-state index contributed by atoms with van der Waals surface area (Å²) >= 11 is 10.3. The number of aromatic nitrogens is 2. The fourth-order valence-corrected chi connectivity index (χ4v) is 3.95. The van der Waals surface area contributed by atoms with E-state index in [4.69, 9.17) is 11.6 Å². The largest absolute Gasteiger partial charge is 0.328 e. The van der Waals surface area contributed by atoms with E-state index in [1.165, 1.54) is 0 Å². The fraction of sp³-hybridized carbons (Fsp3) is 0.533. The number of hydrogen-bond donors (Lipinski definition) is 0. The number of alkyl halides is 1. The molecule has 0 amide bonds. The third-order valence-electron chi connectivity index (χ3n) is 4.15. The van der Waals surface area contributed by atoms with Crippen LogP contribution >= 0.6 is 27.5 Å². The van der Waals surface area contributed by atoms with Gasteiger partial charge in [0.05, 0.1) is 16.4 Å². The van der Waals surface area contributed by atoms with Crippen molar-refractivity contribution < 1.29 is 0 Å². The smallest absolute Gasteiger partial charge is 0.295 e. The van der Waals surface area contributed by atoms with Gasteiger partial charge in [0.25, 0.3) is 0 Å². The summed E-state index contributed by atoms with van der Waals surface area (Å²) in [5, 5.41) is -0.0425. The Hall–Kier alpha value is -0.740. The third-order valence-corrected chi connectivity index (χ3v) is 5.43. The number of hydrogen-bond acceptors (Lipinski definition) is 1. The second-order valence-corrected chi connectivity index (χ2v) is 6.57. The summed E-state index contributed by atoms with van der Waals surface area (Å²) < 4.78 is 4.30. The molecule has 3 nitrogen and oxygen atoms in total. The van der Waals surface area contributed by atoms with Gasteiger partial charge < -0.3 is 0 Å². The summed E-state index contributed by atoms with van der Waals surface area (Å²) in [6.07, 6.45) is 2.09. The van der Waals surface area contributed by atoms with Crippen molar-refractivity contribution in [3.63, 3.8) is 0 Å². The molecule has 110 valence electrons. The summed E-state index contributed by atoms with van der Waals surface area (Å²) in [5.41, 5.74) is 2.89. The average Bonchev–Trinajstić information content (AvgIpc) is 2.64. The van der Waals surface area contributed by atoms with Crippen molar-refractivity contribution in [1.82, 2.24) is 9.13 Å². The molecule has 0 aliphatic heterocycles. The molecular formula is C15H20BrClN2O. The Bertz CT molecular complexity index is 685. The van der Waals surface area contributed by atoms with Crippen LogP contribution in [0.15, 0.2) is 21.4 Å². The maximum atomic E-state index is 12.0. The van der Waals surface area contributed by atoms with Crippen molar-refractivity contribution in [2.45, 2.75) is 32.1 Å². The van der Waals surface area contributed by atoms with E-state index in [9.17, 15) is 4.79 Å². The first-order chi connectivity index (χ1) is 9.42. The van der Waals surface area contributed by atoms with Crippen molar-refractivity contribution in [3.8, 4) is 0 Å². The van der Waals surface area contributed by atoms with Crippen molar-refractivity contribution >= 4 is 38.6 Å². The van der Waals surface area contributed by atoms with Crippen LogP contribution in [0.25, 0.3) is 11.0 Å². The lowest BCUT2D eigenvalue weighted by molar-refractivity contribution is 0.475. The Balaban J connectivity index is 2.64. The second-order valence-electron chi connectivity index (χ2n) is 5.24. The van der Waals surface area contributed by atoms with E-state index >= 15 is 0 Å². The number of imidazole rings is 1.